The van der Waals surface area contributed by atoms with Gasteiger partial charge in [0.15, 0.2) is 0 Å². The molecule has 0 aliphatic carbocycles. The Balaban J connectivity index is 2.08. The molecule has 1 N–H and O–H groups in total. The summed E-state index contributed by atoms with van der Waals surface area (Å²) in [6, 6.07) is 7.99. The summed E-state index contributed by atoms with van der Waals surface area (Å²) in [5, 5.41) is 9.04. The molecule has 0 saturated carbocycles. The van der Waals surface area contributed by atoms with Gasteiger partial charge in [0.05, 0.1) is 18.8 Å². The lowest BCUT2D eigenvalue weighted by Gasteiger charge is -2.31. The van der Waals surface area contributed by atoms with Crippen molar-refractivity contribution in [1.29, 1.82) is 0 Å². The van der Waals surface area contributed by atoms with Crippen LogP contribution in [-0.4, -0.2) is 54.5 Å². The van der Waals surface area contributed by atoms with Crippen LogP contribution in [0.1, 0.15) is 0 Å². The molecule has 0 bridgehead atoms. The highest BCUT2D eigenvalue weighted by Gasteiger charge is 2.23. The molecule has 0 fully saturated rings. The largest absolute Gasteiger partial charge is 0.395 e. The molecule has 0 spiro atoms. The van der Waals surface area contributed by atoms with Gasteiger partial charge in [-0.15, -0.1) is 18.3 Å². The van der Waals surface area contributed by atoms with Gasteiger partial charge in [-0.25, -0.2) is 0 Å². The highest BCUT2D eigenvalue weighted by atomic mass is 32.2. The Hall–Kier alpha value is -1.30. The van der Waals surface area contributed by atoms with Crippen LogP contribution in [0.25, 0.3) is 0 Å². The lowest BCUT2D eigenvalue weighted by Crippen LogP contribution is -2.43. The van der Waals surface area contributed by atoms with Crippen molar-refractivity contribution in [2.24, 2.45) is 0 Å². The summed E-state index contributed by atoms with van der Waals surface area (Å²) in [7, 11) is 0. The molecule has 1 aliphatic rings. The zero-order chi connectivity index (χ0) is 14.4. The molecule has 4 nitrogen and oxygen atoms in total. The number of rotatable bonds is 6. The Morgan fingerprint density at radius 1 is 1.50 bits per heavy atom. The van der Waals surface area contributed by atoms with E-state index in [1.165, 1.54) is 0 Å². The number of anilines is 1. The number of carbonyl (C=O) groups is 1. The minimum Gasteiger partial charge on any atom is -0.395 e. The maximum Gasteiger partial charge on any atom is 0.241 e. The van der Waals surface area contributed by atoms with Gasteiger partial charge in [-0.2, -0.15) is 0 Å². The minimum atomic E-state index is 0.0492. The van der Waals surface area contributed by atoms with E-state index in [1.54, 1.807) is 17.8 Å². The maximum atomic E-state index is 12.5. The molecule has 20 heavy (non-hydrogen) atoms. The topological polar surface area (TPSA) is 43.8 Å². The van der Waals surface area contributed by atoms with Gasteiger partial charge in [-0.1, -0.05) is 18.2 Å². The lowest BCUT2D eigenvalue weighted by molar-refractivity contribution is -0.119. The standard InChI is InChI=1S/C15H20N2O2S/c1-2-7-16(8-10-18)12-15(19)17-9-11-20-14-6-4-3-5-13(14)17/h2-6,18H,1,7-12H2. The second-order valence-electron chi connectivity index (χ2n) is 4.61. The van der Waals surface area contributed by atoms with Crippen molar-refractivity contribution in [2.75, 3.05) is 43.4 Å². The number of benzene rings is 1. The zero-order valence-corrected chi connectivity index (χ0v) is 12.3. The van der Waals surface area contributed by atoms with Gasteiger partial charge in [-0.3, -0.25) is 9.69 Å². The van der Waals surface area contributed by atoms with E-state index in [0.29, 0.717) is 19.6 Å². The van der Waals surface area contributed by atoms with Crippen LogP contribution in [0.2, 0.25) is 0 Å². The first-order chi connectivity index (χ1) is 9.76. The maximum absolute atomic E-state index is 12.5. The molecule has 1 aliphatic heterocycles. The molecule has 0 atom stereocenters. The van der Waals surface area contributed by atoms with Crippen molar-refractivity contribution in [3.63, 3.8) is 0 Å². The van der Waals surface area contributed by atoms with E-state index in [0.717, 1.165) is 22.9 Å². The summed E-state index contributed by atoms with van der Waals surface area (Å²) < 4.78 is 0. The smallest absolute Gasteiger partial charge is 0.241 e. The summed E-state index contributed by atoms with van der Waals surface area (Å²) in [5.41, 5.74) is 0.997. The number of fused-ring (bicyclic) bond motifs is 1. The average Bonchev–Trinajstić information content (AvgIpc) is 2.47. The van der Waals surface area contributed by atoms with Gasteiger partial charge in [0.2, 0.25) is 5.91 Å². The molecule has 0 saturated heterocycles. The van der Waals surface area contributed by atoms with Gasteiger partial charge in [-0.05, 0) is 12.1 Å². The van der Waals surface area contributed by atoms with Crippen molar-refractivity contribution >= 4 is 23.4 Å². The van der Waals surface area contributed by atoms with Crippen molar-refractivity contribution in [3.05, 3.63) is 36.9 Å². The van der Waals surface area contributed by atoms with Crippen molar-refractivity contribution < 1.29 is 9.90 Å². The van der Waals surface area contributed by atoms with Crippen LogP contribution >= 0.6 is 11.8 Å². The van der Waals surface area contributed by atoms with E-state index in [2.05, 4.69) is 12.6 Å². The number of nitrogens with zero attached hydrogens (tertiary/aromatic N) is 2. The molecule has 0 radical (unpaired) electrons. The third kappa shape index (κ3) is 3.62. The highest BCUT2D eigenvalue weighted by molar-refractivity contribution is 7.99. The molecule has 5 heteroatoms. The predicted molar refractivity (Wildman–Crippen MR) is 83.2 cm³/mol. The van der Waals surface area contributed by atoms with E-state index in [4.69, 9.17) is 5.11 Å². The zero-order valence-electron chi connectivity index (χ0n) is 11.5. The Morgan fingerprint density at radius 2 is 2.30 bits per heavy atom. The monoisotopic (exact) mass is 292 g/mol. The van der Waals surface area contributed by atoms with Crippen molar-refractivity contribution in [3.8, 4) is 0 Å². The van der Waals surface area contributed by atoms with Crippen LogP contribution < -0.4 is 4.90 Å². The Labute approximate surface area is 124 Å². The average molecular weight is 292 g/mol. The highest BCUT2D eigenvalue weighted by Crippen LogP contribution is 2.34. The first-order valence-corrected chi connectivity index (χ1v) is 7.71. The number of aliphatic hydroxyl groups excluding tert-OH is 1. The Bertz CT molecular complexity index is 479. The summed E-state index contributed by atoms with van der Waals surface area (Å²) in [4.78, 5) is 17.4. The van der Waals surface area contributed by atoms with E-state index >= 15 is 0 Å². The fourth-order valence-corrected chi connectivity index (χ4v) is 3.26. The minimum absolute atomic E-state index is 0.0492. The summed E-state index contributed by atoms with van der Waals surface area (Å²) in [6.45, 7) is 5.88. The van der Waals surface area contributed by atoms with Crippen LogP contribution in [0, 0.1) is 0 Å². The molecule has 1 aromatic rings. The third-order valence-electron chi connectivity index (χ3n) is 3.19. The fourth-order valence-electron chi connectivity index (χ4n) is 2.26. The molecule has 1 aromatic carbocycles. The molecule has 108 valence electrons. The quantitative estimate of drug-likeness (QED) is 0.809. The molecule has 2 rings (SSSR count). The lowest BCUT2D eigenvalue weighted by atomic mass is 10.2. The fraction of sp³-hybridized carbons (Fsp3) is 0.400. The number of carbonyl (C=O) groups excluding carboxylic acids is 1. The molecule has 1 heterocycles. The normalized spacial score (nSPS) is 14.2. The van der Waals surface area contributed by atoms with Gasteiger partial charge in [0.1, 0.15) is 0 Å². The van der Waals surface area contributed by atoms with Crippen LogP contribution in [-0.2, 0) is 4.79 Å². The van der Waals surface area contributed by atoms with E-state index in [-0.39, 0.29) is 12.5 Å². The molecule has 1 amide bonds. The van der Waals surface area contributed by atoms with E-state index < -0.39 is 0 Å². The van der Waals surface area contributed by atoms with Crippen molar-refractivity contribution in [1.82, 2.24) is 4.90 Å². The molecular formula is C15H20N2O2S. The molecule has 0 aromatic heterocycles. The number of thioether (sulfide) groups is 1. The van der Waals surface area contributed by atoms with Gasteiger partial charge < -0.3 is 10.0 Å². The predicted octanol–water partition coefficient (Wildman–Crippen LogP) is 1.61. The van der Waals surface area contributed by atoms with Gasteiger partial charge in [0, 0.05) is 30.3 Å². The van der Waals surface area contributed by atoms with Crippen LogP contribution in [0.3, 0.4) is 0 Å². The van der Waals surface area contributed by atoms with Gasteiger partial charge >= 0.3 is 0 Å². The first kappa shape index (κ1) is 15.1. The van der Waals surface area contributed by atoms with Gasteiger partial charge in [0.25, 0.3) is 0 Å². The van der Waals surface area contributed by atoms with E-state index in [9.17, 15) is 4.79 Å². The summed E-state index contributed by atoms with van der Waals surface area (Å²) in [6.07, 6.45) is 1.75. The Morgan fingerprint density at radius 3 is 3.05 bits per heavy atom. The molecule has 0 unspecified atom stereocenters. The number of aliphatic hydroxyl groups is 1. The van der Waals surface area contributed by atoms with Crippen LogP contribution in [0.5, 0.6) is 0 Å². The van der Waals surface area contributed by atoms with E-state index in [1.807, 2.05) is 28.0 Å². The number of hydrogen-bond donors (Lipinski definition) is 1. The summed E-state index contributed by atoms with van der Waals surface area (Å²) >= 11 is 1.79. The van der Waals surface area contributed by atoms with Crippen molar-refractivity contribution in [2.45, 2.75) is 4.90 Å². The second kappa shape index (κ2) is 7.47. The third-order valence-corrected chi connectivity index (χ3v) is 4.23. The number of hydrogen-bond acceptors (Lipinski definition) is 4. The summed E-state index contributed by atoms with van der Waals surface area (Å²) in [5.74, 6) is 0.998. The Kier molecular flexibility index (Phi) is 5.64. The van der Waals surface area contributed by atoms with Crippen LogP contribution in [0.4, 0.5) is 5.69 Å². The number of amides is 1. The van der Waals surface area contributed by atoms with Crippen LogP contribution in [0.15, 0.2) is 41.8 Å². The molecular weight excluding hydrogens is 272 g/mol. The SMILES string of the molecule is C=CCN(CCO)CC(=O)N1CCSc2ccccc21. The second-order valence-corrected chi connectivity index (χ2v) is 5.75. The first-order valence-electron chi connectivity index (χ1n) is 6.72. The number of para-hydroxylation sites is 1.